The molecule has 0 spiro atoms. The minimum atomic E-state index is -0.159. The molecular weight excluding hydrogens is 460 g/mol. The lowest BCUT2D eigenvalue weighted by Crippen LogP contribution is -2.46. The largest absolute Gasteiger partial charge is 0.308 e. The molecule has 6 rings (SSSR count). The first-order valence-corrected chi connectivity index (χ1v) is 13.6. The van der Waals surface area contributed by atoms with E-state index in [-0.39, 0.29) is 11.8 Å². The molecule has 0 radical (unpaired) electrons. The standard InChI is InChI=1S/C31H34N4O2/c36-30-26-13-3-4-14-27(26)31(37)35(30)18-6-5-17-34(28-15-7-11-22-12-8-16-32-29(22)28)21-25-19-23-9-1-2-10-24(23)20-33-25/h1-4,8-10,12-14,16,25,28,33H,5-7,11,15,17-21H2. The molecule has 3 aliphatic rings. The molecule has 3 heterocycles. The number of carbonyl (C=O) groups is 2. The summed E-state index contributed by atoms with van der Waals surface area (Å²) in [6.45, 7) is 3.26. The van der Waals surface area contributed by atoms with Crippen molar-refractivity contribution < 1.29 is 9.59 Å². The number of aromatic nitrogens is 1. The maximum absolute atomic E-state index is 12.8. The molecule has 6 heteroatoms. The number of amides is 2. The van der Waals surface area contributed by atoms with Gasteiger partial charge in [-0.15, -0.1) is 0 Å². The summed E-state index contributed by atoms with van der Waals surface area (Å²) in [5.74, 6) is -0.319. The van der Waals surface area contributed by atoms with E-state index in [1.54, 1.807) is 12.1 Å². The van der Waals surface area contributed by atoms with Crippen LogP contribution in [0.3, 0.4) is 0 Å². The zero-order valence-corrected chi connectivity index (χ0v) is 21.2. The molecule has 0 saturated heterocycles. The number of unbranched alkanes of at least 4 members (excludes halogenated alkanes) is 1. The van der Waals surface area contributed by atoms with Crippen LogP contribution < -0.4 is 5.32 Å². The predicted octanol–water partition coefficient (Wildman–Crippen LogP) is 4.55. The predicted molar refractivity (Wildman–Crippen MR) is 143 cm³/mol. The van der Waals surface area contributed by atoms with Gasteiger partial charge in [-0.05, 0) is 80.0 Å². The van der Waals surface area contributed by atoms with E-state index in [0.29, 0.717) is 29.8 Å². The maximum Gasteiger partial charge on any atom is 0.261 e. The van der Waals surface area contributed by atoms with Crippen LogP contribution in [0.1, 0.15) is 74.8 Å². The fraction of sp³-hybridized carbons (Fsp3) is 0.387. The lowest BCUT2D eigenvalue weighted by Gasteiger charge is -2.38. The number of aryl methyl sites for hydroxylation is 1. The van der Waals surface area contributed by atoms with Crippen LogP contribution in [0.5, 0.6) is 0 Å². The lowest BCUT2D eigenvalue weighted by molar-refractivity contribution is 0.0648. The zero-order chi connectivity index (χ0) is 25.2. The normalized spacial score (nSPS) is 20.6. The average molecular weight is 495 g/mol. The fourth-order valence-corrected chi connectivity index (χ4v) is 6.27. The van der Waals surface area contributed by atoms with Crippen LogP contribution in [0.4, 0.5) is 0 Å². The second kappa shape index (κ2) is 10.6. The number of benzene rings is 2. The van der Waals surface area contributed by atoms with Crippen LogP contribution in [0.15, 0.2) is 66.9 Å². The Labute approximate surface area is 218 Å². The van der Waals surface area contributed by atoms with Gasteiger partial charge >= 0.3 is 0 Å². The Hall–Kier alpha value is -3.35. The Bertz CT molecular complexity index is 1270. The van der Waals surface area contributed by atoms with Crippen LogP contribution in [-0.4, -0.2) is 52.3 Å². The molecule has 2 aliphatic heterocycles. The lowest BCUT2D eigenvalue weighted by atomic mass is 9.89. The van der Waals surface area contributed by atoms with Crippen LogP contribution in [0.25, 0.3) is 0 Å². The third-order valence-corrected chi connectivity index (χ3v) is 8.18. The number of pyridine rings is 1. The summed E-state index contributed by atoms with van der Waals surface area (Å²) in [4.78, 5) is 34.4. The van der Waals surface area contributed by atoms with Crippen LogP contribution in [0.2, 0.25) is 0 Å². The van der Waals surface area contributed by atoms with Gasteiger partial charge in [-0.1, -0.05) is 42.5 Å². The summed E-state index contributed by atoms with van der Waals surface area (Å²) < 4.78 is 0. The van der Waals surface area contributed by atoms with Gasteiger partial charge in [-0.25, -0.2) is 0 Å². The van der Waals surface area contributed by atoms with E-state index < -0.39 is 0 Å². The minimum Gasteiger partial charge on any atom is -0.308 e. The van der Waals surface area contributed by atoms with Crippen molar-refractivity contribution in [2.24, 2.45) is 0 Å². The number of imide groups is 1. The fourth-order valence-electron chi connectivity index (χ4n) is 6.27. The van der Waals surface area contributed by atoms with Crippen molar-refractivity contribution in [2.45, 2.75) is 57.2 Å². The number of carbonyl (C=O) groups excluding carboxylic acids is 2. The van der Waals surface area contributed by atoms with Gasteiger partial charge in [0.05, 0.1) is 22.9 Å². The average Bonchev–Trinajstić information content (AvgIpc) is 3.19. The molecule has 1 aromatic heterocycles. The molecule has 0 fully saturated rings. The smallest absolute Gasteiger partial charge is 0.261 e. The Morgan fingerprint density at radius 3 is 2.43 bits per heavy atom. The molecule has 6 nitrogen and oxygen atoms in total. The molecule has 2 aromatic carbocycles. The zero-order valence-electron chi connectivity index (χ0n) is 21.2. The van der Waals surface area contributed by atoms with E-state index in [1.807, 2.05) is 24.4 Å². The molecule has 37 heavy (non-hydrogen) atoms. The van der Waals surface area contributed by atoms with E-state index in [9.17, 15) is 9.59 Å². The van der Waals surface area contributed by atoms with Crippen molar-refractivity contribution in [3.63, 3.8) is 0 Å². The Kier molecular flexibility index (Phi) is 6.85. The summed E-state index contributed by atoms with van der Waals surface area (Å²) in [5.41, 5.74) is 6.50. The van der Waals surface area contributed by atoms with Crippen LogP contribution in [-0.2, 0) is 19.4 Å². The minimum absolute atomic E-state index is 0.159. The highest BCUT2D eigenvalue weighted by molar-refractivity contribution is 6.21. The molecule has 0 bridgehead atoms. The molecule has 2 amide bonds. The van der Waals surface area contributed by atoms with Crippen molar-refractivity contribution in [1.82, 2.24) is 20.1 Å². The second-order valence-electron chi connectivity index (χ2n) is 10.5. The maximum atomic E-state index is 12.8. The van der Waals surface area contributed by atoms with Gasteiger partial charge in [-0.2, -0.15) is 0 Å². The summed E-state index contributed by atoms with van der Waals surface area (Å²) in [7, 11) is 0. The van der Waals surface area contributed by atoms with Gasteiger partial charge in [-0.3, -0.25) is 24.4 Å². The summed E-state index contributed by atoms with van der Waals surface area (Å²) in [6, 6.07) is 20.8. The quantitative estimate of drug-likeness (QED) is 0.368. The van der Waals surface area contributed by atoms with Gasteiger partial charge in [0.15, 0.2) is 0 Å². The van der Waals surface area contributed by atoms with Gasteiger partial charge in [0.1, 0.15) is 0 Å². The van der Waals surface area contributed by atoms with E-state index in [1.165, 1.54) is 33.7 Å². The van der Waals surface area contributed by atoms with E-state index >= 15 is 0 Å². The molecule has 2 unspecified atom stereocenters. The van der Waals surface area contributed by atoms with Gasteiger partial charge in [0.25, 0.3) is 11.8 Å². The molecule has 0 saturated carbocycles. The first kappa shape index (κ1) is 24.0. The van der Waals surface area contributed by atoms with Gasteiger partial charge in [0, 0.05) is 31.9 Å². The first-order valence-electron chi connectivity index (χ1n) is 13.6. The number of hydrogen-bond acceptors (Lipinski definition) is 5. The van der Waals surface area contributed by atoms with Gasteiger partial charge < -0.3 is 5.32 Å². The van der Waals surface area contributed by atoms with E-state index in [4.69, 9.17) is 4.98 Å². The van der Waals surface area contributed by atoms with Crippen molar-refractivity contribution in [3.05, 3.63) is 100 Å². The van der Waals surface area contributed by atoms with Crippen molar-refractivity contribution in [1.29, 1.82) is 0 Å². The Morgan fingerprint density at radius 2 is 1.62 bits per heavy atom. The number of fused-ring (bicyclic) bond motifs is 3. The highest BCUT2D eigenvalue weighted by atomic mass is 16.2. The number of nitrogens with zero attached hydrogens (tertiary/aromatic N) is 3. The highest BCUT2D eigenvalue weighted by Crippen LogP contribution is 2.33. The first-order chi connectivity index (χ1) is 18.2. The summed E-state index contributed by atoms with van der Waals surface area (Å²) in [6.07, 6.45) is 8.07. The number of hydrogen-bond donors (Lipinski definition) is 1. The van der Waals surface area contributed by atoms with E-state index in [0.717, 1.165) is 51.7 Å². The molecule has 2 atom stereocenters. The van der Waals surface area contributed by atoms with Crippen molar-refractivity contribution in [3.8, 4) is 0 Å². The van der Waals surface area contributed by atoms with Gasteiger partial charge in [0.2, 0.25) is 0 Å². The molecule has 3 aromatic rings. The topological polar surface area (TPSA) is 65.5 Å². The highest BCUT2D eigenvalue weighted by Gasteiger charge is 2.35. The second-order valence-corrected chi connectivity index (χ2v) is 10.5. The molecular formula is C31H34N4O2. The molecule has 1 aliphatic carbocycles. The molecule has 1 N–H and O–H groups in total. The van der Waals surface area contributed by atoms with Crippen LogP contribution in [0, 0.1) is 0 Å². The van der Waals surface area contributed by atoms with Crippen molar-refractivity contribution in [2.75, 3.05) is 19.6 Å². The monoisotopic (exact) mass is 494 g/mol. The van der Waals surface area contributed by atoms with Crippen molar-refractivity contribution >= 4 is 11.8 Å². The third-order valence-electron chi connectivity index (χ3n) is 8.18. The summed E-state index contributed by atoms with van der Waals surface area (Å²) in [5, 5.41) is 3.77. The third kappa shape index (κ3) is 4.83. The van der Waals surface area contributed by atoms with E-state index in [2.05, 4.69) is 40.5 Å². The molecule has 190 valence electrons. The Morgan fingerprint density at radius 1 is 0.892 bits per heavy atom. The number of rotatable bonds is 8. The summed E-state index contributed by atoms with van der Waals surface area (Å²) >= 11 is 0. The number of nitrogens with one attached hydrogen (secondary N) is 1. The van der Waals surface area contributed by atoms with Crippen LogP contribution >= 0.6 is 0 Å². The SMILES string of the molecule is O=C1c2ccccc2C(=O)N1CCCCN(CC1Cc2ccccc2CN1)C1CCCc2cccnc21. The Balaban J connectivity index is 1.13.